The number of nitrogens with zero attached hydrogens (tertiary/aromatic N) is 2. The number of furan rings is 1. The second-order valence-corrected chi connectivity index (χ2v) is 8.51. The van der Waals surface area contributed by atoms with Gasteiger partial charge in [0.1, 0.15) is 5.58 Å². The van der Waals surface area contributed by atoms with E-state index < -0.39 is 23.1 Å². The number of anilines is 1. The van der Waals surface area contributed by atoms with E-state index in [0.717, 1.165) is 31.4 Å². The molecule has 1 amide bonds. The number of nitrogens with one attached hydrogen (secondary N) is 1. The maximum Gasteiger partial charge on any atom is 0.416 e. The Bertz CT molecular complexity index is 1020. The third-order valence-corrected chi connectivity index (χ3v) is 6.59. The summed E-state index contributed by atoms with van der Waals surface area (Å²) < 4.78 is 45.4. The van der Waals surface area contributed by atoms with Crippen LogP contribution >= 0.6 is 0 Å². The highest BCUT2D eigenvalue weighted by molar-refractivity contribution is 6.07. The number of amides is 1. The summed E-state index contributed by atoms with van der Waals surface area (Å²) in [4.78, 5) is 14.4. The smallest absolute Gasteiger partial charge is 0.416 e. The van der Waals surface area contributed by atoms with Crippen molar-refractivity contribution in [1.82, 2.24) is 5.32 Å². The second-order valence-electron chi connectivity index (χ2n) is 8.51. The van der Waals surface area contributed by atoms with Crippen LogP contribution in [0.15, 0.2) is 22.6 Å². The summed E-state index contributed by atoms with van der Waals surface area (Å²) in [5.41, 5.74) is -0.775. The molecule has 0 unspecified atom stereocenters. The second kappa shape index (κ2) is 8.08. The van der Waals surface area contributed by atoms with Crippen LogP contribution < -0.4 is 10.2 Å². The molecule has 2 aliphatic rings. The number of hydrogen-bond acceptors (Lipinski definition) is 5. The van der Waals surface area contributed by atoms with Gasteiger partial charge in [-0.3, -0.25) is 4.79 Å². The van der Waals surface area contributed by atoms with Gasteiger partial charge in [-0.15, -0.1) is 0 Å². The van der Waals surface area contributed by atoms with E-state index in [0.29, 0.717) is 44.1 Å². The lowest BCUT2D eigenvalue weighted by molar-refractivity contribution is -0.137. The number of halogens is 3. The molecule has 0 atom stereocenters. The average Bonchev–Trinajstić information content (AvgIpc) is 3.07. The molecule has 1 aliphatic heterocycles. The fraction of sp³-hybridized carbons (Fsp3) is 0.545. The summed E-state index contributed by atoms with van der Waals surface area (Å²) in [5.74, 6) is -0.0341. The molecular weight excluding hydrogens is 411 g/mol. The standard InChI is InChI=1S/C22H24F3N3O3/c23-22(24,25)15-1-2-17-16(11-15)18-19(31-17)20(30)27-8-10-28(18)9-5-14-3-6-21(12-26,13-29)7-4-14/h1-2,11,14,29H,3-10,13H2,(H,27,30). The number of carbonyl (C=O) groups is 1. The normalized spacial score (nSPS) is 24.4. The molecule has 2 heterocycles. The number of carbonyl (C=O) groups excluding carboxylic acids is 1. The van der Waals surface area contributed by atoms with Gasteiger partial charge in [0.25, 0.3) is 5.91 Å². The Balaban J connectivity index is 1.58. The monoisotopic (exact) mass is 435 g/mol. The van der Waals surface area contributed by atoms with Crippen LogP contribution in [0.1, 0.15) is 48.2 Å². The fourth-order valence-electron chi connectivity index (χ4n) is 4.61. The summed E-state index contributed by atoms with van der Waals surface area (Å²) in [5, 5.41) is 21.9. The van der Waals surface area contributed by atoms with E-state index in [9.17, 15) is 28.3 Å². The Kier molecular flexibility index (Phi) is 5.60. The summed E-state index contributed by atoms with van der Waals surface area (Å²) in [6, 6.07) is 5.51. The van der Waals surface area contributed by atoms with Gasteiger partial charge in [-0.2, -0.15) is 18.4 Å². The number of rotatable bonds is 4. The topological polar surface area (TPSA) is 89.5 Å². The first kappa shape index (κ1) is 21.5. The highest BCUT2D eigenvalue weighted by Crippen LogP contribution is 2.41. The van der Waals surface area contributed by atoms with Gasteiger partial charge >= 0.3 is 6.18 Å². The molecule has 166 valence electrons. The van der Waals surface area contributed by atoms with Crippen molar-refractivity contribution in [2.75, 3.05) is 31.1 Å². The molecule has 1 aliphatic carbocycles. The van der Waals surface area contributed by atoms with Gasteiger partial charge in [-0.1, -0.05) is 0 Å². The zero-order chi connectivity index (χ0) is 22.2. The van der Waals surface area contributed by atoms with Gasteiger partial charge in [0, 0.05) is 25.0 Å². The Morgan fingerprint density at radius 1 is 1.32 bits per heavy atom. The van der Waals surface area contributed by atoms with Crippen molar-refractivity contribution in [2.24, 2.45) is 11.3 Å². The van der Waals surface area contributed by atoms with Crippen molar-refractivity contribution >= 4 is 22.6 Å². The first-order valence-electron chi connectivity index (χ1n) is 10.5. The number of hydrogen-bond donors (Lipinski definition) is 2. The molecular formula is C22H24F3N3O3. The Morgan fingerprint density at radius 2 is 2.06 bits per heavy atom. The van der Waals surface area contributed by atoms with Crippen LogP contribution in [-0.4, -0.2) is 37.3 Å². The maximum atomic E-state index is 13.3. The summed E-state index contributed by atoms with van der Waals surface area (Å²) in [7, 11) is 0. The number of aliphatic hydroxyl groups is 1. The Hall–Kier alpha value is -2.73. The van der Waals surface area contributed by atoms with E-state index in [4.69, 9.17) is 4.42 Å². The zero-order valence-electron chi connectivity index (χ0n) is 17.0. The van der Waals surface area contributed by atoms with Crippen molar-refractivity contribution in [2.45, 2.75) is 38.3 Å². The number of aliphatic hydroxyl groups excluding tert-OH is 1. The molecule has 0 saturated heterocycles. The van der Waals surface area contributed by atoms with Gasteiger partial charge in [0.2, 0.25) is 5.76 Å². The van der Waals surface area contributed by atoms with Crippen molar-refractivity contribution in [3.8, 4) is 6.07 Å². The number of alkyl halides is 3. The predicted molar refractivity (Wildman–Crippen MR) is 107 cm³/mol. The van der Waals surface area contributed by atoms with E-state index in [1.54, 1.807) is 0 Å². The highest BCUT2D eigenvalue weighted by Gasteiger charge is 2.36. The third-order valence-electron chi connectivity index (χ3n) is 6.59. The average molecular weight is 435 g/mol. The minimum atomic E-state index is -4.49. The first-order chi connectivity index (χ1) is 14.8. The number of fused-ring (bicyclic) bond motifs is 3. The van der Waals surface area contributed by atoms with Crippen LogP contribution in [0.4, 0.5) is 18.9 Å². The highest BCUT2D eigenvalue weighted by atomic mass is 19.4. The van der Waals surface area contributed by atoms with Crippen LogP contribution in [0.2, 0.25) is 0 Å². The molecule has 1 aromatic heterocycles. The van der Waals surface area contributed by atoms with Crippen LogP contribution in [-0.2, 0) is 6.18 Å². The summed E-state index contributed by atoms with van der Waals surface area (Å²) in [6.07, 6.45) is -0.795. The maximum absolute atomic E-state index is 13.3. The van der Waals surface area contributed by atoms with Gasteiger partial charge in [-0.25, -0.2) is 0 Å². The fourth-order valence-corrected chi connectivity index (χ4v) is 4.61. The Labute approximate surface area is 177 Å². The minimum Gasteiger partial charge on any atom is -0.449 e. The molecule has 9 heteroatoms. The molecule has 4 rings (SSSR count). The molecule has 0 radical (unpaired) electrons. The predicted octanol–water partition coefficient (Wildman–Crippen LogP) is 4.08. The van der Waals surface area contributed by atoms with Gasteiger partial charge < -0.3 is 19.7 Å². The van der Waals surface area contributed by atoms with Crippen molar-refractivity contribution < 1.29 is 27.5 Å². The molecule has 6 nitrogen and oxygen atoms in total. The molecule has 2 aromatic rings. The minimum absolute atomic E-state index is 0.0410. The molecule has 2 N–H and O–H groups in total. The lowest BCUT2D eigenvalue weighted by Crippen LogP contribution is -2.33. The van der Waals surface area contributed by atoms with Crippen LogP contribution in [0, 0.1) is 22.7 Å². The Morgan fingerprint density at radius 3 is 2.71 bits per heavy atom. The van der Waals surface area contributed by atoms with Gasteiger partial charge in [0.05, 0.1) is 29.3 Å². The van der Waals surface area contributed by atoms with Crippen molar-refractivity contribution in [3.05, 3.63) is 29.5 Å². The third kappa shape index (κ3) is 4.09. The lowest BCUT2D eigenvalue weighted by atomic mass is 9.71. The molecule has 1 fully saturated rings. The molecule has 0 spiro atoms. The molecule has 0 bridgehead atoms. The lowest BCUT2D eigenvalue weighted by Gasteiger charge is -2.34. The SMILES string of the molecule is N#CC1(CO)CCC(CCN2CCNC(=O)c3oc4ccc(C(F)(F)F)cc4c32)CC1. The van der Waals surface area contributed by atoms with E-state index in [-0.39, 0.29) is 23.3 Å². The first-order valence-corrected chi connectivity index (χ1v) is 10.5. The number of nitriles is 1. The zero-order valence-corrected chi connectivity index (χ0v) is 17.0. The van der Waals surface area contributed by atoms with E-state index in [1.165, 1.54) is 6.07 Å². The van der Waals surface area contributed by atoms with Gasteiger partial charge in [0.15, 0.2) is 0 Å². The van der Waals surface area contributed by atoms with Crippen molar-refractivity contribution in [1.29, 1.82) is 5.26 Å². The van der Waals surface area contributed by atoms with Crippen LogP contribution in [0.3, 0.4) is 0 Å². The van der Waals surface area contributed by atoms with E-state index in [1.807, 2.05) is 4.90 Å². The quantitative estimate of drug-likeness (QED) is 0.755. The molecule has 1 aromatic carbocycles. The molecule has 1 saturated carbocycles. The van der Waals surface area contributed by atoms with Crippen molar-refractivity contribution in [3.63, 3.8) is 0 Å². The largest absolute Gasteiger partial charge is 0.449 e. The van der Waals surface area contributed by atoms with Gasteiger partial charge in [-0.05, 0) is 56.2 Å². The van der Waals surface area contributed by atoms with E-state index >= 15 is 0 Å². The number of benzene rings is 1. The summed E-state index contributed by atoms with van der Waals surface area (Å²) >= 11 is 0. The summed E-state index contributed by atoms with van der Waals surface area (Å²) in [6.45, 7) is 1.27. The van der Waals surface area contributed by atoms with Crippen LogP contribution in [0.25, 0.3) is 11.0 Å². The van der Waals surface area contributed by atoms with E-state index in [2.05, 4.69) is 11.4 Å². The van der Waals surface area contributed by atoms with Crippen LogP contribution in [0.5, 0.6) is 0 Å². The molecule has 31 heavy (non-hydrogen) atoms.